The molecule has 4 heteroatoms. The van der Waals surface area contributed by atoms with E-state index in [2.05, 4.69) is 12.1 Å². The van der Waals surface area contributed by atoms with Gasteiger partial charge in [-0.1, -0.05) is 53.5 Å². The zero-order valence-electron chi connectivity index (χ0n) is 10.4. The van der Waals surface area contributed by atoms with Crippen molar-refractivity contribution in [3.63, 3.8) is 0 Å². The molecule has 2 aromatic carbocycles. The van der Waals surface area contributed by atoms with Gasteiger partial charge in [-0.15, -0.1) is 0 Å². The van der Waals surface area contributed by atoms with E-state index in [9.17, 15) is 0 Å². The van der Waals surface area contributed by atoms with E-state index in [1.165, 1.54) is 10.9 Å². The van der Waals surface area contributed by atoms with Crippen LogP contribution in [0.2, 0.25) is 0 Å². The van der Waals surface area contributed by atoms with Gasteiger partial charge in [0.15, 0.2) is 0 Å². The molecule has 0 heterocycles. The molecular formula is C15H15Cl2NO. The first kappa shape index (κ1) is 14.2. The van der Waals surface area contributed by atoms with Crippen LogP contribution < -0.4 is 10.5 Å². The highest BCUT2D eigenvalue weighted by molar-refractivity contribution is 6.36. The summed E-state index contributed by atoms with van der Waals surface area (Å²) in [5, 5.41) is 2.81. The Labute approximate surface area is 122 Å². The Hall–Kier alpha value is -1.22. The molecule has 0 bridgehead atoms. The number of nitrogens with two attached hydrogens (primary N) is 1. The van der Waals surface area contributed by atoms with Crippen LogP contribution in [0.1, 0.15) is 5.56 Å². The fourth-order valence-electron chi connectivity index (χ4n) is 2.03. The number of hydrogen-bond donors (Lipinski definition) is 1. The van der Waals surface area contributed by atoms with Crippen LogP contribution in [0.15, 0.2) is 47.0 Å². The van der Waals surface area contributed by atoms with Crippen LogP contribution in [0.5, 0.6) is 5.75 Å². The first-order valence-electron chi connectivity index (χ1n) is 6.04. The maximum Gasteiger partial charge on any atom is 0.125 e. The van der Waals surface area contributed by atoms with Crippen LogP contribution in [-0.4, -0.2) is 13.2 Å². The molecular weight excluding hydrogens is 281 g/mol. The lowest BCUT2D eigenvalue weighted by molar-refractivity contribution is 0.356. The van der Waals surface area contributed by atoms with Crippen molar-refractivity contribution in [2.75, 3.05) is 13.2 Å². The Morgan fingerprint density at radius 1 is 1.21 bits per heavy atom. The van der Waals surface area contributed by atoms with Gasteiger partial charge in [-0.25, -0.2) is 0 Å². The third-order valence-corrected chi connectivity index (χ3v) is 3.47. The van der Waals surface area contributed by atoms with Gasteiger partial charge in [0.1, 0.15) is 12.4 Å². The average Bonchev–Trinajstić information content (AvgIpc) is 2.46. The van der Waals surface area contributed by atoms with Gasteiger partial charge in [0.05, 0.1) is 5.03 Å². The Morgan fingerprint density at radius 3 is 2.74 bits per heavy atom. The van der Waals surface area contributed by atoms with Crippen LogP contribution in [0, 0.1) is 0 Å². The third-order valence-electron chi connectivity index (χ3n) is 2.88. The van der Waals surface area contributed by atoms with Gasteiger partial charge in [-0.05, 0) is 29.8 Å². The molecule has 0 radical (unpaired) electrons. The second-order valence-corrected chi connectivity index (χ2v) is 4.85. The van der Waals surface area contributed by atoms with Gasteiger partial charge in [0.2, 0.25) is 0 Å². The molecule has 100 valence electrons. The summed E-state index contributed by atoms with van der Waals surface area (Å²) < 4.78 is 5.71. The van der Waals surface area contributed by atoms with Gasteiger partial charge in [-0.3, -0.25) is 0 Å². The van der Waals surface area contributed by atoms with E-state index in [-0.39, 0.29) is 6.61 Å². The van der Waals surface area contributed by atoms with Crippen molar-refractivity contribution in [2.45, 2.75) is 6.42 Å². The van der Waals surface area contributed by atoms with E-state index in [4.69, 9.17) is 33.7 Å². The van der Waals surface area contributed by atoms with Crippen molar-refractivity contribution >= 4 is 34.0 Å². The van der Waals surface area contributed by atoms with Crippen LogP contribution in [-0.2, 0) is 6.42 Å². The van der Waals surface area contributed by atoms with Gasteiger partial charge in [0, 0.05) is 11.1 Å². The molecule has 0 saturated heterocycles. The number of fused-ring (bicyclic) bond motifs is 1. The Kier molecular flexibility index (Phi) is 5.08. The molecule has 2 rings (SSSR count). The quantitative estimate of drug-likeness (QED) is 0.903. The van der Waals surface area contributed by atoms with Crippen molar-refractivity contribution in [2.24, 2.45) is 5.73 Å². The van der Waals surface area contributed by atoms with Crippen LogP contribution in [0.25, 0.3) is 10.8 Å². The smallest absolute Gasteiger partial charge is 0.125 e. The Morgan fingerprint density at radius 2 is 2.00 bits per heavy atom. The summed E-state index contributed by atoms with van der Waals surface area (Å²) in [6.45, 7) is 0.838. The zero-order chi connectivity index (χ0) is 13.7. The van der Waals surface area contributed by atoms with Crippen molar-refractivity contribution < 1.29 is 4.74 Å². The third kappa shape index (κ3) is 3.41. The lowest BCUT2D eigenvalue weighted by Gasteiger charge is -2.13. The first-order valence-corrected chi connectivity index (χ1v) is 6.86. The minimum atomic E-state index is 0.265. The van der Waals surface area contributed by atoms with E-state index in [0.29, 0.717) is 11.6 Å². The van der Waals surface area contributed by atoms with Crippen LogP contribution in [0.4, 0.5) is 0 Å². The number of halogens is 2. The summed E-state index contributed by atoms with van der Waals surface area (Å²) in [6, 6.07) is 12.2. The average molecular weight is 296 g/mol. The summed E-state index contributed by atoms with van der Waals surface area (Å²) >= 11 is 11.4. The van der Waals surface area contributed by atoms with Crippen LogP contribution >= 0.6 is 23.2 Å². The van der Waals surface area contributed by atoms with Gasteiger partial charge >= 0.3 is 0 Å². The predicted octanol–water partition coefficient (Wildman–Crippen LogP) is 4.04. The minimum Gasteiger partial charge on any atom is -0.488 e. The fraction of sp³-hybridized carbons (Fsp3) is 0.200. The fourth-order valence-corrected chi connectivity index (χ4v) is 2.15. The second-order valence-electron chi connectivity index (χ2n) is 4.15. The number of hydrogen-bond acceptors (Lipinski definition) is 2. The molecule has 2 nitrogen and oxygen atoms in total. The molecule has 0 spiro atoms. The summed E-state index contributed by atoms with van der Waals surface area (Å²) in [7, 11) is 0. The number of rotatable bonds is 5. The molecule has 0 fully saturated rings. The van der Waals surface area contributed by atoms with E-state index in [1.54, 1.807) is 0 Å². The standard InChI is InChI=1S/C15H15Cl2NO/c16-9-12(17)10-19-15-6-5-11-3-1-2-4-13(11)14(15)7-8-18/h1-6,9H,7-8,10,18H2. The molecule has 0 aliphatic carbocycles. The largest absolute Gasteiger partial charge is 0.488 e. The van der Waals surface area contributed by atoms with Crippen molar-refractivity contribution in [3.8, 4) is 5.75 Å². The molecule has 0 aliphatic rings. The van der Waals surface area contributed by atoms with Crippen molar-refractivity contribution in [1.82, 2.24) is 0 Å². The van der Waals surface area contributed by atoms with E-state index >= 15 is 0 Å². The highest BCUT2D eigenvalue weighted by atomic mass is 35.5. The van der Waals surface area contributed by atoms with Gasteiger partial charge < -0.3 is 10.5 Å². The highest BCUT2D eigenvalue weighted by Gasteiger charge is 2.08. The lowest BCUT2D eigenvalue weighted by atomic mass is 10.0. The Balaban J connectivity index is 2.39. The molecule has 0 amide bonds. The van der Waals surface area contributed by atoms with Gasteiger partial charge in [0.25, 0.3) is 0 Å². The molecule has 0 aromatic heterocycles. The molecule has 0 saturated carbocycles. The normalized spacial score (nSPS) is 11.8. The Bertz CT molecular complexity index is 596. The molecule has 2 aromatic rings. The summed E-state index contributed by atoms with van der Waals surface area (Å²) in [6.07, 6.45) is 0.763. The topological polar surface area (TPSA) is 35.2 Å². The van der Waals surface area contributed by atoms with Crippen molar-refractivity contribution in [1.29, 1.82) is 0 Å². The highest BCUT2D eigenvalue weighted by Crippen LogP contribution is 2.29. The lowest BCUT2D eigenvalue weighted by Crippen LogP contribution is -2.07. The van der Waals surface area contributed by atoms with Crippen molar-refractivity contribution in [3.05, 3.63) is 52.5 Å². The minimum absolute atomic E-state index is 0.265. The molecule has 0 aliphatic heterocycles. The van der Waals surface area contributed by atoms with E-state index in [1.807, 2.05) is 24.3 Å². The molecule has 2 N–H and O–H groups in total. The molecule has 0 atom stereocenters. The number of ether oxygens (including phenoxy) is 1. The molecule has 19 heavy (non-hydrogen) atoms. The maximum atomic E-state index is 5.84. The van der Waals surface area contributed by atoms with Gasteiger partial charge in [-0.2, -0.15) is 0 Å². The zero-order valence-corrected chi connectivity index (χ0v) is 11.9. The summed E-state index contributed by atoms with van der Waals surface area (Å²) in [4.78, 5) is 0. The predicted molar refractivity (Wildman–Crippen MR) is 82.0 cm³/mol. The first-order chi connectivity index (χ1) is 9.26. The number of benzene rings is 2. The monoisotopic (exact) mass is 295 g/mol. The summed E-state index contributed by atoms with van der Waals surface area (Å²) in [5.41, 5.74) is 8.11. The SMILES string of the molecule is NCCc1c(OCC(Cl)=CCl)ccc2ccccc12. The van der Waals surface area contributed by atoms with Crippen LogP contribution in [0.3, 0.4) is 0 Å². The maximum absolute atomic E-state index is 5.84. The summed E-state index contributed by atoms with van der Waals surface area (Å²) in [5.74, 6) is 0.806. The van der Waals surface area contributed by atoms with E-state index in [0.717, 1.165) is 23.1 Å². The van der Waals surface area contributed by atoms with E-state index < -0.39 is 0 Å². The molecule has 0 unspecified atom stereocenters. The second kappa shape index (κ2) is 6.80.